The van der Waals surface area contributed by atoms with Gasteiger partial charge in [0, 0.05) is 25.8 Å². The Morgan fingerprint density at radius 2 is 2.35 bits per heavy atom. The van der Waals surface area contributed by atoms with Gasteiger partial charge in [0.15, 0.2) is 0 Å². The number of ether oxygens (including phenoxy) is 1. The van der Waals surface area contributed by atoms with Crippen LogP contribution in [0.4, 0.5) is 5.69 Å². The van der Waals surface area contributed by atoms with Crippen molar-refractivity contribution in [3.05, 3.63) is 12.4 Å². The average molecular weight is 237 g/mol. The van der Waals surface area contributed by atoms with Gasteiger partial charge in [0.2, 0.25) is 5.91 Å². The third kappa shape index (κ3) is 3.30. The molecule has 1 aromatic heterocycles. The molecule has 1 aliphatic rings. The topological polar surface area (TPSA) is 56.2 Å². The molecule has 0 aliphatic carbocycles. The van der Waals surface area contributed by atoms with Crippen LogP contribution in [0, 0.1) is 0 Å². The fourth-order valence-corrected chi connectivity index (χ4v) is 2.00. The molecule has 94 valence electrons. The van der Waals surface area contributed by atoms with Gasteiger partial charge < -0.3 is 10.1 Å². The van der Waals surface area contributed by atoms with E-state index in [1.54, 1.807) is 6.20 Å². The van der Waals surface area contributed by atoms with Gasteiger partial charge in [0.25, 0.3) is 0 Å². The summed E-state index contributed by atoms with van der Waals surface area (Å²) in [5, 5.41) is 7.15. The fraction of sp³-hybridized carbons (Fsp3) is 0.667. The molecule has 1 N–H and O–H groups in total. The lowest BCUT2D eigenvalue weighted by molar-refractivity contribution is -0.116. The Balaban J connectivity index is 1.93. The van der Waals surface area contributed by atoms with E-state index in [9.17, 15) is 4.79 Å². The number of hydrogen-bond acceptors (Lipinski definition) is 3. The highest BCUT2D eigenvalue weighted by atomic mass is 16.5. The van der Waals surface area contributed by atoms with Gasteiger partial charge in [0.1, 0.15) is 0 Å². The van der Waals surface area contributed by atoms with Gasteiger partial charge in [-0.3, -0.25) is 9.48 Å². The van der Waals surface area contributed by atoms with Crippen LogP contribution in [0.1, 0.15) is 38.6 Å². The van der Waals surface area contributed by atoms with Crippen LogP contribution in [0.25, 0.3) is 0 Å². The lowest BCUT2D eigenvalue weighted by atomic mass is 10.1. The highest BCUT2D eigenvalue weighted by Gasteiger charge is 2.16. The number of nitrogens with zero attached hydrogens (tertiary/aromatic N) is 2. The maximum absolute atomic E-state index is 11.4. The first-order valence-corrected chi connectivity index (χ1v) is 6.21. The van der Waals surface area contributed by atoms with Gasteiger partial charge >= 0.3 is 0 Å². The lowest BCUT2D eigenvalue weighted by Crippen LogP contribution is -2.19. The third-order valence-electron chi connectivity index (χ3n) is 2.93. The molecule has 1 aliphatic heterocycles. The first-order valence-electron chi connectivity index (χ1n) is 6.21. The van der Waals surface area contributed by atoms with E-state index in [0.29, 0.717) is 12.5 Å². The van der Waals surface area contributed by atoms with Crippen molar-refractivity contribution in [1.82, 2.24) is 9.78 Å². The summed E-state index contributed by atoms with van der Waals surface area (Å²) < 4.78 is 7.25. The Labute approximate surface area is 101 Å². The molecule has 0 atom stereocenters. The molecular weight excluding hydrogens is 218 g/mol. The van der Waals surface area contributed by atoms with Crippen LogP contribution in [0.5, 0.6) is 0 Å². The number of hydrogen-bond donors (Lipinski definition) is 1. The molecule has 1 aromatic rings. The Morgan fingerprint density at radius 1 is 1.59 bits per heavy atom. The normalized spacial score (nSPS) is 17.0. The van der Waals surface area contributed by atoms with Crippen molar-refractivity contribution < 1.29 is 9.53 Å². The van der Waals surface area contributed by atoms with Crippen LogP contribution in [-0.2, 0) is 9.53 Å². The summed E-state index contributed by atoms with van der Waals surface area (Å²) in [5.41, 5.74) is 0.787. The van der Waals surface area contributed by atoms with E-state index < -0.39 is 0 Å². The predicted molar refractivity (Wildman–Crippen MR) is 64.9 cm³/mol. The lowest BCUT2D eigenvalue weighted by Gasteiger charge is -2.22. The van der Waals surface area contributed by atoms with E-state index in [0.717, 1.165) is 38.2 Å². The number of rotatable bonds is 4. The minimum absolute atomic E-state index is 0.0547. The van der Waals surface area contributed by atoms with Crippen LogP contribution in [0.2, 0.25) is 0 Å². The number of carbonyl (C=O) groups is 1. The summed E-state index contributed by atoms with van der Waals surface area (Å²) in [7, 11) is 0. The molecule has 1 saturated heterocycles. The second-order valence-corrected chi connectivity index (χ2v) is 4.35. The molecule has 2 heterocycles. The number of nitrogens with one attached hydrogen (secondary N) is 1. The van der Waals surface area contributed by atoms with Crippen LogP contribution in [0.3, 0.4) is 0 Å². The zero-order chi connectivity index (χ0) is 12.1. The summed E-state index contributed by atoms with van der Waals surface area (Å²) in [5.74, 6) is 0.0547. The van der Waals surface area contributed by atoms with E-state index in [1.807, 2.05) is 17.8 Å². The average Bonchev–Trinajstić information content (AvgIpc) is 2.79. The largest absolute Gasteiger partial charge is 0.381 e. The van der Waals surface area contributed by atoms with Gasteiger partial charge in [-0.15, -0.1) is 0 Å². The van der Waals surface area contributed by atoms with Gasteiger partial charge in [-0.05, 0) is 19.3 Å². The van der Waals surface area contributed by atoms with Crippen molar-refractivity contribution in [2.24, 2.45) is 0 Å². The zero-order valence-corrected chi connectivity index (χ0v) is 10.2. The van der Waals surface area contributed by atoms with Crippen LogP contribution in [0.15, 0.2) is 12.4 Å². The Morgan fingerprint density at radius 3 is 3.06 bits per heavy atom. The highest BCUT2D eigenvalue weighted by molar-refractivity contribution is 5.90. The van der Waals surface area contributed by atoms with E-state index in [4.69, 9.17) is 4.74 Å². The van der Waals surface area contributed by atoms with E-state index >= 15 is 0 Å². The number of anilines is 1. The van der Waals surface area contributed by atoms with Crippen LogP contribution in [-0.4, -0.2) is 28.9 Å². The second kappa shape index (κ2) is 5.82. The Kier molecular flexibility index (Phi) is 4.14. The Hall–Kier alpha value is -1.36. The number of aromatic nitrogens is 2. The standard InChI is InChI=1S/C12H19N3O2/c1-2-3-12(16)14-10-8-13-15(9-10)11-4-6-17-7-5-11/h8-9,11H,2-7H2,1H3,(H,14,16). The molecule has 0 spiro atoms. The van der Waals surface area contributed by atoms with Crippen LogP contribution < -0.4 is 5.32 Å². The number of carbonyl (C=O) groups excluding carboxylic acids is 1. The summed E-state index contributed by atoms with van der Waals surface area (Å²) in [6, 6.07) is 0.403. The van der Waals surface area contributed by atoms with Gasteiger partial charge in [0.05, 0.1) is 17.9 Å². The van der Waals surface area contributed by atoms with Gasteiger partial charge in [-0.2, -0.15) is 5.10 Å². The summed E-state index contributed by atoms with van der Waals surface area (Å²) in [6.07, 6.45) is 7.02. The summed E-state index contributed by atoms with van der Waals surface area (Å²) in [4.78, 5) is 11.4. The SMILES string of the molecule is CCCC(=O)Nc1cnn(C2CCOCC2)c1. The maximum atomic E-state index is 11.4. The quantitative estimate of drug-likeness (QED) is 0.871. The molecule has 5 heteroatoms. The molecule has 17 heavy (non-hydrogen) atoms. The molecule has 1 fully saturated rings. The van der Waals surface area contributed by atoms with Crippen molar-refractivity contribution in [3.8, 4) is 0 Å². The van der Waals surface area contributed by atoms with Crippen molar-refractivity contribution in [1.29, 1.82) is 0 Å². The van der Waals surface area contributed by atoms with Gasteiger partial charge in [-0.25, -0.2) is 0 Å². The molecule has 1 amide bonds. The minimum atomic E-state index is 0.0547. The molecule has 0 aromatic carbocycles. The summed E-state index contributed by atoms with van der Waals surface area (Å²) >= 11 is 0. The minimum Gasteiger partial charge on any atom is -0.381 e. The Bertz CT molecular complexity index is 370. The molecule has 0 saturated carbocycles. The molecule has 0 unspecified atom stereocenters. The zero-order valence-electron chi connectivity index (χ0n) is 10.2. The van der Waals surface area contributed by atoms with E-state index in [2.05, 4.69) is 10.4 Å². The molecule has 0 bridgehead atoms. The second-order valence-electron chi connectivity index (χ2n) is 4.35. The maximum Gasteiger partial charge on any atom is 0.224 e. The molecule has 2 rings (SSSR count). The number of amides is 1. The van der Waals surface area contributed by atoms with E-state index in [1.165, 1.54) is 0 Å². The first kappa shape index (κ1) is 12.1. The van der Waals surface area contributed by atoms with Crippen molar-refractivity contribution in [3.63, 3.8) is 0 Å². The predicted octanol–water partition coefficient (Wildman–Crippen LogP) is 1.97. The first-order chi connectivity index (χ1) is 8.29. The molecule has 0 radical (unpaired) electrons. The smallest absolute Gasteiger partial charge is 0.224 e. The molecule has 5 nitrogen and oxygen atoms in total. The van der Waals surface area contributed by atoms with Crippen LogP contribution >= 0.6 is 0 Å². The van der Waals surface area contributed by atoms with Crippen molar-refractivity contribution in [2.75, 3.05) is 18.5 Å². The fourth-order valence-electron chi connectivity index (χ4n) is 2.00. The van der Waals surface area contributed by atoms with Crippen molar-refractivity contribution >= 4 is 11.6 Å². The van der Waals surface area contributed by atoms with E-state index in [-0.39, 0.29) is 5.91 Å². The monoisotopic (exact) mass is 237 g/mol. The van der Waals surface area contributed by atoms with Gasteiger partial charge in [-0.1, -0.05) is 6.92 Å². The molecular formula is C12H19N3O2. The summed E-state index contributed by atoms with van der Waals surface area (Å²) in [6.45, 7) is 3.58. The highest BCUT2D eigenvalue weighted by Crippen LogP contribution is 2.21. The van der Waals surface area contributed by atoms with Crippen molar-refractivity contribution in [2.45, 2.75) is 38.6 Å². The third-order valence-corrected chi connectivity index (χ3v) is 2.93.